The van der Waals surface area contributed by atoms with Gasteiger partial charge in [0.2, 0.25) is 0 Å². The molecule has 0 saturated heterocycles. The standard InChI is InChI=1S/C26H25ClFN5/c1-16(29)24(19-9-11-20(28)12-10-19)32-21-13-22-25(23(27)14-21)30-15-31-26(22)33(3)17(2)18-7-5-4-6-8-18/h4-15,17,24,32H,1,29H2,2-3H3. The van der Waals surface area contributed by atoms with Crippen LogP contribution in [0.3, 0.4) is 0 Å². The molecule has 0 bridgehead atoms. The minimum Gasteiger partial charge on any atom is -0.401 e. The number of halogens is 2. The molecule has 33 heavy (non-hydrogen) atoms. The van der Waals surface area contributed by atoms with Gasteiger partial charge < -0.3 is 16.0 Å². The van der Waals surface area contributed by atoms with Gasteiger partial charge in [0.25, 0.3) is 0 Å². The quantitative estimate of drug-likeness (QED) is 0.340. The zero-order valence-electron chi connectivity index (χ0n) is 18.5. The van der Waals surface area contributed by atoms with Gasteiger partial charge in [-0.2, -0.15) is 0 Å². The van der Waals surface area contributed by atoms with Crippen molar-refractivity contribution in [1.29, 1.82) is 0 Å². The topological polar surface area (TPSA) is 67.1 Å². The molecule has 3 aromatic carbocycles. The Labute approximate surface area is 197 Å². The summed E-state index contributed by atoms with van der Waals surface area (Å²) in [4.78, 5) is 11.1. The van der Waals surface area contributed by atoms with Gasteiger partial charge in [0.15, 0.2) is 0 Å². The second kappa shape index (κ2) is 9.46. The number of hydrogen-bond donors (Lipinski definition) is 2. The monoisotopic (exact) mass is 461 g/mol. The van der Waals surface area contributed by atoms with Gasteiger partial charge in [0.1, 0.15) is 18.0 Å². The highest BCUT2D eigenvalue weighted by Crippen LogP contribution is 2.35. The minimum atomic E-state index is -0.423. The number of nitrogens with zero attached hydrogens (tertiary/aromatic N) is 3. The molecule has 5 nitrogen and oxygen atoms in total. The predicted molar refractivity (Wildman–Crippen MR) is 134 cm³/mol. The third kappa shape index (κ3) is 4.76. The number of aromatic nitrogens is 2. The van der Waals surface area contributed by atoms with E-state index in [0.717, 1.165) is 22.5 Å². The SMILES string of the molecule is C=C(N)C(Nc1cc(Cl)c2ncnc(N(C)C(C)c3ccccc3)c2c1)c1ccc(F)cc1. The van der Waals surface area contributed by atoms with Crippen molar-refractivity contribution in [3.63, 3.8) is 0 Å². The van der Waals surface area contributed by atoms with Crippen molar-refractivity contribution in [3.8, 4) is 0 Å². The zero-order chi connectivity index (χ0) is 23.5. The van der Waals surface area contributed by atoms with Gasteiger partial charge in [-0.1, -0.05) is 60.6 Å². The molecule has 2 unspecified atom stereocenters. The lowest BCUT2D eigenvalue weighted by Gasteiger charge is -2.27. The maximum Gasteiger partial charge on any atom is 0.140 e. The van der Waals surface area contributed by atoms with Gasteiger partial charge in [-0.25, -0.2) is 14.4 Å². The van der Waals surface area contributed by atoms with Crippen molar-refractivity contribution in [2.75, 3.05) is 17.3 Å². The molecule has 0 aliphatic heterocycles. The first-order chi connectivity index (χ1) is 15.8. The van der Waals surface area contributed by atoms with Crippen molar-refractivity contribution in [2.24, 2.45) is 5.73 Å². The lowest BCUT2D eigenvalue weighted by Crippen LogP contribution is -2.23. The van der Waals surface area contributed by atoms with Crippen LogP contribution in [0.1, 0.15) is 30.1 Å². The summed E-state index contributed by atoms with van der Waals surface area (Å²) < 4.78 is 13.4. The molecule has 2 atom stereocenters. The van der Waals surface area contributed by atoms with Crippen LogP contribution < -0.4 is 16.0 Å². The summed E-state index contributed by atoms with van der Waals surface area (Å²) in [6, 6.07) is 19.8. The van der Waals surface area contributed by atoms with E-state index >= 15 is 0 Å². The van der Waals surface area contributed by atoms with Crippen molar-refractivity contribution in [1.82, 2.24) is 9.97 Å². The Morgan fingerprint density at radius 1 is 1.06 bits per heavy atom. The summed E-state index contributed by atoms with van der Waals surface area (Å²) in [5, 5.41) is 4.66. The average Bonchev–Trinajstić information content (AvgIpc) is 2.82. The average molecular weight is 462 g/mol. The molecule has 168 valence electrons. The van der Waals surface area contributed by atoms with E-state index in [1.165, 1.54) is 24.0 Å². The summed E-state index contributed by atoms with van der Waals surface area (Å²) in [7, 11) is 2.00. The Morgan fingerprint density at radius 3 is 2.42 bits per heavy atom. The van der Waals surface area contributed by atoms with Gasteiger partial charge in [-0.05, 0) is 42.3 Å². The number of nitrogens with two attached hydrogens (primary N) is 1. The minimum absolute atomic E-state index is 0.0791. The first-order valence-electron chi connectivity index (χ1n) is 10.5. The second-order valence-corrected chi connectivity index (χ2v) is 8.36. The lowest BCUT2D eigenvalue weighted by molar-refractivity contribution is 0.626. The number of rotatable bonds is 7. The molecule has 4 rings (SSSR count). The van der Waals surface area contributed by atoms with Crippen LogP contribution in [0.15, 0.2) is 85.3 Å². The van der Waals surface area contributed by atoms with E-state index in [1.54, 1.807) is 18.2 Å². The number of fused-ring (bicyclic) bond motifs is 1. The fourth-order valence-corrected chi connectivity index (χ4v) is 4.09. The van der Waals surface area contributed by atoms with Gasteiger partial charge in [-0.3, -0.25) is 0 Å². The maximum absolute atomic E-state index is 13.4. The highest BCUT2D eigenvalue weighted by molar-refractivity contribution is 6.35. The number of anilines is 2. The first-order valence-corrected chi connectivity index (χ1v) is 10.9. The molecule has 3 N–H and O–H groups in total. The van der Waals surface area contributed by atoms with E-state index in [4.69, 9.17) is 17.3 Å². The molecule has 0 amide bonds. The van der Waals surface area contributed by atoms with Crippen LogP contribution in [0.2, 0.25) is 5.02 Å². The fourth-order valence-electron chi connectivity index (χ4n) is 3.83. The first kappa shape index (κ1) is 22.6. The molecule has 7 heteroatoms. The predicted octanol–water partition coefficient (Wildman–Crippen LogP) is 6.25. The molecule has 4 aromatic rings. The third-order valence-electron chi connectivity index (χ3n) is 5.75. The Hall–Kier alpha value is -3.64. The molecule has 0 spiro atoms. The van der Waals surface area contributed by atoms with Crippen LogP contribution in [-0.4, -0.2) is 17.0 Å². The molecular formula is C26H25ClFN5. The number of benzene rings is 3. The van der Waals surface area contributed by atoms with Gasteiger partial charge >= 0.3 is 0 Å². The zero-order valence-corrected chi connectivity index (χ0v) is 19.2. The Kier molecular flexibility index (Phi) is 6.47. The van der Waals surface area contributed by atoms with Crippen LogP contribution in [0.5, 0.6) is 0 Å². The van der Waals surface area contributed by atoms with E-state index in [0.29, 0.717) is 16.2 Å². The third-order valence-corrected chi connectivity index (χ3v) is 6.04. The Balaban J connectivity index is 1.74. The number of nitrogens with one attached hydrogen (secondary N) is 1. The second-order valence-electron chi connectivity index (χ2n) is 7.95. The van der Waals surface area contributed by atoms with Crippen LogP contribution in [0.4, 0.5) is 15.9 Å². The smallest absolute Gasteiger partial charge is 0.140 e. The van der Waals surface area contributed by atoms with Crippen LogP contribution in [-0.2, 0) is 0 Å². The van der Waals surface area contributed by atoms with Crippen LogP contribution >= 0.6 is 11.6 Å². The van der Waals surface area contributed by atoms with Gasteiger partial charge in [-0.15, -0.1) is 0 Å². The normalized spacial score (nSPS) is 12.8. The van der Waals surface area contributed by atoms with E-state index < -0.39 is 6.04 Å². The maximum atomic E-state index is 13.4. The van der Waals surface area contributed by atoms with E-state index in [9.17, 15) is 4.39 Å². The van der Waals surface area contributed by atoms with Crippen molar-refractivity contribution in [2.45, 2.75) is 19.0 Å². The van der Waals surface area contributed by atoms with Gasteiger partial charge in [0.05, 0.1) is 22.6 Å². The lowest BCUT2D eigenvalue weighted by atomic mass is 10.0. The largest absolute Gasteiger partial charge is 0.401 e. The molecule has 0 saturated carbocycles. The van der Waals surface area contributed by atoms with Crippen LogP contribution in [0.25, 0.3) is 10.9 Å². The van der Waals surface area contributed by atoms with E-state index in [2.05, 4.69) is 45.8 Å². The summed E-state index contributed by atoms with van der Waals surface area (Å²) >= 11 is 6.61. The van der Waals surface area contributed by atoms with Gasteiger partial charge in [0, 0.05) is 23.8 Å². The highest BCUT2D eigenvalue weighted by atomic mass is 35.5. The molecule has 0 aliphatic rings. The summed E-state index contributed by atoms with van der Waals surface area (Å²) in [6.07, 6.45) is 1.52. The molecule has 0 radical (unpaired) electrons. The van der Waals surface area contributed by atoms with Crippen molar-refractivity contribution >= 4 is 34.0 Å². The summed E-state index contributed by atoms with van der Waals surface area (Å²) in [6.45, 7) is 6.01. The molecule has 1 heterocycles. The highest BCUT2D eigenvalue weighted by Gasteiger charge is 2.19. The van der Waals surface area contributed by atoms with Crippen molar-refractivity contribution < 1.29 is 4.39 Å². The molecule has 1 aromatic heterocycles. The van der Waals surface area contributed by atoms with E-state index in [1.807, 2.05) is 31.3 Å². The molecular weight excluding hydrogens is 437 g/mol. The van der Waals surface area contributed by atoms with Crippen molar-refractivity contribution in [3.05, 3.63) is 107 Å². The number of hydrogen-bond acceptors (Lipinski definition) is 5. The summed E-state index contributed by atoms with van der Waals surface area (Å²) in [5.74, 6) is 0.443. The summed E-state index contributed by atoms with van der Waals surface area (Å²) in [5.41, 5.74) is 9.82. The van der Waals surface area contributed by atoms with E-state index in [-0.39, 0.29) is 11.9 Å². The Bertz CT molecular complexity index is 1280. The fraction of sp³-hybridized carbons (Fsp3) is 0.154. The van der Waals surface area contributed by atoms with Crippen LogP contribution in [0, 0.1) is 5.82 Å². The molecule has 0 fully saturated rings. The molecule has 0 aliphatic carbocycles. The Morgan fingerprint density at radius 2 is 1.76 bits per heavy atom.